The Morgan fingerprint density at radius 1 is 1.05 bits per heavy atom. The van der Waals surface area contributed by atoms with Gasteiger partial charge >= 0.3 is 0 Å². The summed E-state index contributed by atoms with van der Waals surface area (Å²) in [5.41, 5.74) is 1.57. The van der Waals surface area contributed by atoms with E-state index in [1.165, 1.54) is 51.5 Å². The molecular weight excluding hydrogens is 242 g/mol. The predicted octanol–water partition coefficient (Wildman–Crippen LogP) is 5.13. The molecule has 0 saturated heterocycles. The predicted molar refractivity (Wildman–Crippen MR) is 88.1 cm³/mol. The first-order valence-corrected chi connectivity index (χ1v) is 8.65. The Balaban J connectivity index is 2.11. The molecule has 3 unspecified atom stereocenters. The van der Waals surface area contributed by atoms with Crippen LogP contribution in [0.15, 0.2) is 30.3 Å². The zero-order valence-electron chi connectivity index (χ0n) is 13.3. The molecule has 3 atom stereocenters. The summed E-state index contributed by atoms with van der Waals surface area (Å²) in [4.78, 5) is 0. The molecule has 0 aliphatic heterocycles. The molecule has 1 aliphatic carbocycles. The lowest BCUT2D eigenvalue weighted by atomic mass is 9.71. The summed E-state index contributed by atoms with van der Waals surface area (Å²) in [6.45, 7) is 5.76. The quantitative estimate of drug-likeness (QED) is 0.726. The Kier molecular flexibility index (Phi) is 6.59. The Labute approximate surface area is 125 Å². The molecule has 0 amide bonds. The summed E-state index contributed by atoms with van der Waals surface area (Å²) in [5.74, 6) is 1.60. The van der Waals surface area contributed by atoms with Crippen molar-refractivity contribution in [1.82, 2.24) is 5.32 Å². The zero-order valence-corrected chi connectivity index (χ0v) is 13.3. The molecule has 1 nitrogen and oxygen atoms in total. The van der Waals surface area contributed by atoms with Gasteiger partial charge in [-0.3, -0.25) is 0 Å². The van der Waals surface area contributed by atoms with Crippen LogP contribution >= 0.6 is 0 Å². The molecular formula is C19H31N. The first kappa shape index (κ1) is 15.6. The summed E-state index contributed by atoms with van der Waals surface area (Å²) < 4.78 is 0. The third-order valence-electron chi connectivity index (χ3n) is 4.82. The van der Waals surface area contributed by atoms with Crippen molar-refractivity contribution in [1.29, 1.82) is 0 Å². The molecule has 112 valence electrons. The maximum absolute atomic E-state index is 3.84. The third-order valence-corrected chi connectivity index (χ3v) is 4.82. The summed E-state index contributed by atoms with van der Waals surface area (Å²) >= 11 is 0. The first-order chi connectivity index (χ1) is 9.86. The van der Waals surface area contributed by atoms with Crippen LogP contribution in [0.3, 0.4) is 0 Å². The van der Waals surface area contributed by atoms with Crippen LogP contribution in [-0.4, -0.2) is 12.6 Å². The minimum atomic E-state index is 0.713. The zero-order chi connectivity index (χ0) is 14.2. The SMILES string of the molecule is CCCNC(CCC)C1CCCCC1c1ccccc1. The topological polar surface area (TPSA) is 12.0 Å². The average molecular weight is 273 g/mol. The molecule has 0 aromatic heterocycles. The van der Waals surface area contributed by atoms with E-state index in [0.717, 1.165) is 11.8 Å². The second-order valence-electron chi connectivity index (χ2n) is 6.31. The molecule has 1 fully saturated rings. The van der Waals surface area contributed by atoms with Crippen LogP contribution in [0.2, 0.25) is 0 Å². The van der Waals surface area contributed by atoms with Crippen molar-refractivity contribution in [2.75, 3.05) is 6.54 Å². The van der Waals surface area contributed by atoms with E-state index in [0.29, 0.717) is 6.04 Å². The highest BCUT2D eigenvalue weighted by Gasteiger charge is 2.31. The van der Waals surface area contributed by atoms with Crippen LogP contribution in [0.1, 0.15) is 70.3 Å². The van der Waals surface area contributed by atoms with E-state index in [9.17, 15) is 0 Å². The fourth-order valence-corrected chi connectivity index (χ4v) is 3.86. The van der Waals surface area contributed by atoms with E-state index in [4.69, 9.17) is 0 Å². The van der Waals surface area contributed by atoms with Gasteiger partial charge in [0, 0.05) is 6.04 Å². The lowest BCUT2D eigenvalue weighted by Gasteiger charge is -2.38. The van der Waals surface area contributed by atoms with Gasteiger partial charge in [-0.1, -0.05) is 63.4 Å². The summed E-state index contributed by atoms with van der Waals surface area (Å²) in [7, 11) is 0. The third kappa shape index (κ3) is 4.09. The number of rotatable bonds is 7. The molecule has 0 spiro atoms. The van der Waals surface area contributed by atoms with Crippen molar-refractivity contribution in [2.24, 2.45) is 5.92 Å². The smallest absolute Gasteiger partial charge is 0.0101 e. The molecule has 0 radical (unpaired) electrons. The van der Waals surface area contributed by atoms with Crippen LogP contribution in [0, 0.1) is 5.92 Å². The second-order valence-corrected chi connectivity index (χ2v) is 6.31. The van der Waals surface area contributed by atoms with Crippen LogP contribution in [0.5, 0.6) is 0 Å². The standard InChI is InChI=1S/C19H31N/c1-3-10-19(20-15-4-2)18-14-9-8-13-17(18)16-11-6-5-7-12-16/h5-7,11-12,17-20H,3-4,8-10,13-15H2,1-2H3. The van der Waals surface area contributed by atoms with Crippen molar-refractivity contribution in [2.45, 2.75) is 70.8 Å². The number of benzene rings is 1. The van der Waals surface area contributed by atoms with Gasteiger partial charge < -0.3 is 5.32 Å². The molecule has 1 N–H and O–H groups in total. The van der Waals surface area contributed by atoms with Gasteiger partial charge in [0.1, 0.15) is 0 Å². The lowest BCUT2D eigenvalue weighted by molar-refractivity contribution is 0.223. The Hall–Kier alpha value is -0.820. The summed E-state index contributed by atoms with van der Waals surface area (Å²) in [5, 5.41) is 3.84. The maximum Gasteiger partial charge on any atom is 0.0101 e. The first-order valence-electron chi connectivity index (χ1n) is 8.65. The summed E-state index contributed by atoms with van der Waals surface area (Å²) in [6, 6.07) is 11.9. The van der Waals surface area contributed by atoms with Crippen LogP contribution in [-0.2, 0) is 0 Å². The van der Waals surface area contributed by atoms with Gasteiger partial charge in [0.25, 0.3) is 0 Å². The van der Waals surface area contributed by atoms with Gasteiger partial charge in [-0.05, 0) is 49.6 Å². The highest BCUT2D eigenvalue weighted by atomic mass is 14.9. The summed E-state index contributed by atoms with van der Waals surface area (Å²) in [6.07, 6.45) is 9.46. The van der Waals surface area contributed by atoms with Crippen molar-refractivity contribution in [3.63, 3.8) is 0 Å². The van der Waals surface area contributed by atoms with Crippen molar-refractivity contribution in [3.05, 3.63) is 35.9 Å². The molecule has 0 bridgehead atoms. The van der Waals surface area contributed by atoms with Crippen LogP contribution < -0.4 is 5.32 Å². The normalized spacial score (nSPS) is 24.5. The maximum atomic E-state index is 3.84. The van der Waals surface area contributed by atoms with E-state index in [-0.39, 0.29) is 0 Å². The van der Waals surface area contributed by atoms with E-state index in [1.807, 2.05) is 0 Å². The van der Waals surface area contributed by atoms with Gasteiger partial charge in [0.2, 0.25) is 0 Å². The van der Waals surface area contributed by atoms with E-state index in [2.05, 4.69) is 49.5 Å². The Morgan fingerprint density at radius 2 is 1.80 bits per heavy atom. The molecule has 2 rings (SSSR count). The molecule has 0 heterocycles. The van der Waals surface area contributed by atoms with Crippen LogP contribution in [0.4, 0.5) is 0 Å². The van der Waals surface area contributed by atoms with E-state index >= 15 is 0 Å². The lowest BCUT2D eigenvalue weighted by Crippen LogP contribution is -2.40. The van der Waals surface area contributed by atoms with Gasteiger partial charge in [-0.15, -0.1) is 0 Å². The fraction of sp³-hybridized carbons (Fsp3) is 0.684. The largest absolute Gasteiger partial charge is 0.314 e. The molecule has 20 heavy (non-hydrogen) atoms. The number of hydrogen-bond donors (Lipinski definition) is 1. The minimum absolute atomic E-state index is 0.713. The van der Waals surface area contributed by atoms with Crippen molar-refractivity contribution >= 4 is 0 Å². The Bertz CT molecular complexity index is 359. The monoisotopic (exact) mass is 273 g/mol. The van der Waals surface area contributed by atoms with E-state index < -0.39 is 0 Å². The molecule has 1 aliphatic rings. The van der Waals surface area contributed by atoms with Gasteiger partial charge in [-0.25, -0.2) is 0 Å². The molecule has 1 aromatic carbocycles. The minimum Gasteiger partial charge on any atom is -0.314 e. The van der Waals surface area contributed by atoms with Crippen molar-refractivity contribution in [3.8, 4) is 0 Å². The van der Waals surface area contributed by atoms with Gasteiger partial charge in [-0.2, -0.15) is 0 Å². The second kappa shape index (κ2) is 8.46. The van der Waals surface area contributed by atoms with E-state index in [1.54, 1.807) is 5.56 Å². The van der Waals surface area contributed by atoms with Crippen molar-refractivity contribution < 1.29 is 0 Å². The highest BCUT2D eigenvalue weighted by Crippen LogP contribution is 2.40. The fourth-order valence-electron chi connectivity index (χ4n) is 3.86. The molecule has 1 aromatic rings. The molecule has 1 heteroatoms. The van der Waals surface area contributed by atoms with Gasteiger partial charge in [0.05, 0.1) is 0 Å². The van der Waals surface area contributed by atoms with Crippen LogP contribution in [0.25, 0.3) is 0 Å². The highest BCUT2D eigenvalue weighted by molar-refractivity contribution is 5.21. The number of nitrogens with one attached hydrogen (secondary N) is 1. The van der Waals surface area contributed by atoms with Gasteiger partial charge in [0.15, 0.2) is 0 Å². The number of hydrogen-bond acceptors (Lipinski definition) is 1. The Morgan fingerprint density at radius 3 is 2.50 bits per heavy atom. The average Bonchev–Trinajstić information content (AvgIpc) is 2.52. The molecule has 1 saturated carbocycles.